The molecule has 0 saturated carbocycles. The van der Waals surface area contributed by atoms with E-state index in [4.69, 9.17) is 0 Å². The molecular formula is C20H26FN3O3. The summed E-state index contributed by atoms with van der Waals surface area (Å²) in [6, 6.07) is 2.06. The van der Waals surface area contributed by atoms with E-state index in [0.29, 0.717) is 16.7 Å². The molecule has 0 bridgehead atoms. The number of likely N-dealkylation sites (N-methyl/N-ethyl adjacent to an activating group) is 1. The van der Waals surface area contributed by atoms with Crippen molar-refractivity contribution in [2.75, 3.05) is 20.1 Å². The number of nitrogens with zero attached hydrogens (tertiary/aromatic N) is 1. The predicted octanol–water partition coefficient (Wildman–Crippen LogP) is 1.90. The van der Waals surface area contributed by atoms with Crippen molar-refractivity contribution in [3.8, 4) is 0 Å². The Hall–Kier alpha value is -2.28. The first-order valence-electron chi connectivity index (χ1n) is 9.52. The number of benzene rings is 1. The molecule has 0 radical (unpaired) electrons. The largest absolute Gasteiger partial charge is 0.357 e. The molecule has 3 rings (SSSR count). The van der Waals surface area contributed by atoms with E-state index < -0.39 is 12.1 Å². The monoisotopic (exact) mass is 375 g/mol. The van der Waals surface area contributed by atoms with Crippen LogP contribution in [0.3, 0.4) is 0 Å². The van der Waals surface area contributed by atoms with E-state index in [2.05, 4.69) is 10.6 Å². The third kappa shape index (κ3) is 3.48. The molecule has 2 amide bonds. The fourth-order valence-corrected chi connectivity index (χ4v) is 4.31. The first-order chi connectivity index (χ1) is 13.0. The molecule has 0 aliphatic carbocycles. The third-order valence-electron chi connectivity index (χ3n) is 5.73. The lowest BCUT2D eigenvalue weighted by Gasteiger charge is -2.30. The topological polar surface area (TPSA) is 78.5 Å². The highest BCUT2D eigenvalue weighted by Crippen LogP contribution is 2.41. The van der Waals surface area contributed by atoms with Crippen LogP contribution >= 0.6 is 0 Å². The zero-order valence-electron chi connectivity index (χ0n) is 15.8. The summed E-state index contributed by atoms with van der Waals surface area (Å²) < 4.78 is 15.4. The van der Waals surface area contributed by atoms with Gasteiger partial charge in [-0.3, -0.25) is 9.59 Å². The average molecular weight is 375 g/mol. The molecular weight excluding hydrogens is 349 g/mol. The highest BCUT2D eigenvalue weighted by atomic mass is 19.1. The first-order valence-corrected chi connectivity index (χ1v) is 9.52. The molecule has 1 saturated heterocycles. The van der Waals surface area contributed by atoms with Crippen LogP contribution in [0.2, 0.25) is 0 Å². The number of hydrogen-bond donors (Lipinski definition) is 2. The molecule has 146 valence electrons. The Morgan fingerprint density at radius 2 is 2.11 bits per heavy atom. The van der Waals surface area contributed by atoms with Crippen molar-refractivity contribution in [3.63, 3.8) is 0 Å². The molecule has 0 aromatic heterocycles. The smallest absolute Gasteiger partial charge is 0.255 e. The summed E-state index contributed by atoms with van der Waals surface area (Å²) in [5.74, 6) is -0.886. The van der Waals surface area contributed by atoms with Crippen molar-refractivity contribution in [2.45, 2.75) is 50.6 Å². The van der Waals surface area contributed by atoms with E-state index in [0.717, 1.165) is 32.2 Å². The summed E-state index contributed by atoms with van der Waals surface area (Å²) in [5, 5.41) is 5.82. The van der Waals surface area contributed by atoms with Crippen LogP contribution < -0.4 is 10.6 Å². The van der Waals surface area contributed by atoms with Crippen LogP contribution in [-0.2, 0) is 9.59 Å². The second-order valence-corrected chi connectivity index (χ2v) is 7.22. The van der Waals surface area contributed by atoms with Crippen molar-refractivity contribution in [2.24, 2.45) is 0 Å². The van der Waals surface area contributed by atoms with E-state index in [-0.39, 0.29) is 36.4 Å². The van der Waals surface area contributed by atoms with Gasteiger partial charge >= 0.3 is 0 Å². The van der Waals surface area contributed by atoms with Gasteiger partial charge in [-0.2, -0.15) is 0 Å². The fraction of sp³-hybridized carbons (Fsp3) is 0.550. The molecule has 0 spiro atoms. The summed E-state index contributed by atoms with van der Waals surface area (Å²) in [7, 11) is 1.49. The van der Waals surface area contributed by atoms with Crippen molar-refractivity contribution < 1.29 is 18.8 Å². The van der Waals surface area contributed by atoms with Gasteiger partial charge in [-0.15, -0.1) is 0 Å². The molecule has 1 fully saturated rings. The van der Waals surface area contributed by atoms with Crippen molar-refractivity contribution in [1.29, 1.82) is 0 Å². The molecule has 7 heteroatoms. The minimum atomic E-state index is -0.795. The highest BCUT2D eigenvalue weighted by molar-refractivity contribution is 6.02. The number of halogens is 1. The zero-order valence-corrected chi connectivity index (χ0v) is 15.8. The maximum atomic E-state index is 15.4. The summed E-state index contributed by atoms with van der Waals surface area (Å²) in [4.78, 5) is 37.5. The Morgan fingerprint density at radius 1 is 1.41 bits per heavy atom. The van der Waals surface area contributed by atoms with Gasteiger partial charge in [-0.05, 0) is 56.8 Å². The second-order valence-electron chi connectivity index (χ2n) is 7.22. The predicted molar refractivity (Wildman–Crippen MR) is 99.0 cm³/mol. The third-order valence-corrected chi connectivity index (χ3v) is 5.73. The average Bonchev–Trinajstić information content (AvgIpc) is 2.94. The maximum Gasteiger partial charge on any atom is 0.255 e. The Balaban J connectivity index is 1.96. The van der Waals surface area contributed by atoms with Gasteiger partial charge in [0, 0.05) is 24.6 Å². The summed E-state index contributed by atoms with van der Waals surface area (Å²) in [6.07, 6.45) is 2.83. The molecule has 27 heavy (non-hydrogen) atoms. The number of amides is 2. The number of carbonyl (C=O) groups is 3. The van der Waals surface area contributed by atoms with Gasteiger partial charge in [-0.1, -0.05) is 6.07 Å². The van der Waals surface area contributed by atoms with E-state index in [9.17, 15) is 14.4 Å². The molecule has 1 aromatic carbocycles. The highest BCUT2D eigenvalue weighted by Gasteiger charge is 2.43. The van der Waals surface area contributed by atoms with E-state index in [1.54, 1.807) is 19.1 Å². The van der Waals surface area contributed by atoms with Crippen LogP contribution in [0.1, 0.15) is 66.1 Å². The number of hydrogen-bond acceptors (Lipinski definition) is 4. The van der Waals surface area contributed by atoms with Gasteiger partial charge in [0.15, 0.2) is 0 Å². The van der Waals surface area contributed by atoms with Crippen molar-refractivity contribution in [3.05, 3.63) is 34.6 Å². The first kappa shape index (κ1) is 19.5. The maximum absolute atomic E-state index is 15.4. The van der Waals surface area contributed by atoms with E-state index in [1.807, 2.05) is 0 Å². The number of nitrogens with one attached hydrogen (secondary N) is 2. The van der Waals surface area contributed by atoms with Gasteiger partial charge in [0.05, 0.1) is 6.04 Å². The number of rotatable bonds is 6. The molecule has 2 heterocycles. The number of carbonyl (C=O) groups excluding carboxylic acids is 3. The van der Waals surface area contributed by atoms with Crippen molar-refractivity contribution in [1.82, 2.24) is 15.5 Å². The van der Waals surface area contributed by atoms with Gasteiger partial charge in [0.1, 0.15) is 18.1 Å². The summed E-state index contributed by atoms with van der Waals surface area (Å²) >= 11 is 0. The quantitative estimate of drug-likeness (QED) is 0.745. The lowest BCUT2D eigenvalue weighted by atomic mass is 9.87. The molecule has 1 unspecified atom stereocenters. The lowest BCUT2D eigenvalue weighted by Crippen LogP contribution is -2.47. The fourth-order valence-electron chi connectivity index (χ4n) is 4.31. The molecule has 2 atom stereocenters. The summed E-state index contributed by atoms with van der Waals surface area (Å²) in [5.41, 5.74) is 1.34. The Labute approximate surface area is 158 Å². The lowest BCUT2D eigenvalue weighted by molar-refractivity contribution is -0.126. The number of fused-ring (bicyclic) bond motifs is 1. The van der Waals surface area contributed by atoms with Crippen LogP contribution in [-0.4, -0.2) is 49.2 Å². The SMILES string of the molecule is CNC(=O)C(CCC=O)N1C(=O)c2ccc(C3CCNCC3)c(F)c2[C@H]1C. The van der Waals surface area contributed by atoms with Gasteiger partial charge in [-0.25, -0.2) is 4.39 Å². The molecule has 2 aliphatic rings. The van der Waals surface area contributed by atoms with Crippen LogP contribution in [0.5, 0.6) is 0 Å². The van der Waals surface area contributed by atoms with Crippen molar-refractivity contribution >= 4 is 18.1 Å². The number of aldehydes is 1. The van der Waals surface area contributed by atoms with Gasteiger partial charge < -0.3 is 20.3 Å². The van der Waals surface area contributed by atoms with Crippen LogP contribution in [0.15, 0.2) is 12.1 Å². The van der Waals surface area contributed by atoms with Gasteiger partial charge in [0.2, 0.25) is 5.91 Å². The standard InChI is InChI=1S/C20H26FN3O3/c1-12-17-15(6-5-14(18(17)21)13-7-9-23-10-8-13)20(27)24(12)16(4-3-11-25)19(26)22-2/h5-6,11-13,16,23H,3-4,7-10H2,1-2H3,(H,22,26)/t12-,16?/m1/s1. The van der Waals surface area contributed by atoms with Crippen LogP contribution in [0, 0.1) is 5.82 Å². The zero-order chi connectivity index (χ0) is 19.6. The minimum absolute atomic E-state index is 0.137. The second kappa shape index (κ2) is 8.17. The Morgan fingerprint density at radius 3 is 2.74 bits per heavy atom. The Bertz CT molecular complexity index is 746. The normalized spacial score (nSPS) is 21.1. The molecule has 2 aliphatic heterocycles. The minimum Gasteiger partial charge on any atom is -0.357 e. The molecule has 1 aromatic rings. The molecule has 6 nitrogen and oxygen atoms in total. The Kier molecular flexibility index (Phi) is 5.89. The van der Waals surface area contributed by atoms with E-state index in [1.165, 1.54) is 11.9 Å². The number of piperidine rings is 1. The van der Waals surface area contributed by atoms with Crippen LogP contribution in [0.25, 0.3) is 0 Å². The van der Waals surface area contributed by atoms with E-state index >= 15 is 4.39 Å². The summed E-state index contributed by atoms with van der Waals surface area (Å²) in [6.45, 7) is 3.45. The van der Waals surface area contributed by atoms with Crippen LogP contribution in [0.4, 0.5) is 4.39 Å². The molecule has 2 N–H and O–H groups in total. The van der Waals surface area contributed by atoms with Gasteiger partial charge in [0.25, 0.3) is 5.91 Å².